The van der Waals surface area contributed by atoms with Gasteiger partial charge in [0.15, 0.2) is 0 Å². The molecular weight excluding hydrogens is 308 g/mol. The Labute approximate surface area is 146 Å². The van der Waals surface area contributed by atoms with E-state index in [-0.39, 0.29) is 6.61 Å². The minimum atomic E-state index is -1.16. The van der Waals surface area contributed by atoms with Gasteiger partial charge in [-0.2, -0.15) is 0 Å². The zero-order valence-corrected chi connectivity index (χ0v) is 15.0. The number of nitrogens with zero attached hydrogens (tertiary/aromatic N) is 1. The maximum Gasteiger partial charge on any atom is 0.109 e. The molecule has 0 amide bonds. The highest BCUT2D eigenvalue weighted by Gasteiger charge is 2.40. The smallest absolute Gasteiger partial charge is 0.109 e. The monoisotopic (exact) mass is 346 g/mol. The van der Waals surface area contributed by atoms with Crippen LogP contribution in [0.3, 0.4) is 0 Å². The van der Waals surface area contributed by atoms with Crippen molar-refractivity contribution in [2.75, 3.05) is 26.2 Å². The van der Waals surface area contributed by atoms with Gasteiger partial charge in [0.25, 0.3) is 0 Å². The average Bonchev–Trinajstić information content (AvgIpc) is 2.58. The van der Waals surface area contributed by atoms with Gasteiger partial charge >= 0.3 is 0 Å². The van der Waals surface area contributed by atoms with Gasteiger partial charge in [-0.25, -0.2) is 0 Å². The van der Waals surface area contributed by atoms with Crippen LogP contribution in [0.1, 0.15) is 64.2 Å². The van der Waals surface area contributed by atoms with Crippen molar-refractivity contribution in [3.63, 3.8) is 0 Å². The van der Waals surface area contributed by atoms with Crippen molar-refractivity contribution in [1.82, 2.24) is 4.90 Å². The molecule has 6 nitrogen and oxygen atoms in total. The Morgan fingerprint density at radius 3 is 1.75 bits per heavy atom. The highest BCUT2D eigenvalue weighted by atomic mass is 16.4. The minimum absolute atomic E-state index is 0.199. The summed E-state index contributed by atoms with van der Waals surface area (Å²) in [6, 6.07) is -0.475. The van der Waals surface area contributed by atoms with Crippen LogP contribution in [-0.2, 0) is 0 Å². The summed E-state index contributed by atoms with van der Waals surface area (Å²) < 4.78 is 0. The van der Waals surface area contributed by atoms with Gasteiger partial charge in [-0.3, -0.25) is 4.90 Å². The number of hydrogen-bond donors (Lipinski definition) is 5. The second kappa shape index (κ2) is 13.0. The number of likely N-dealkylation sites (tertiary alicyclic amines) is 1. The van der Waals surface area contributed by atoms with Crippen LogP contribution in [0.5, 0.6) is 0 Å². The van der Waals surface area contributed by atoms with E-state index in [0.29, 0.717) is 6.54 Å². The minimum Gasteiger partial charge on any atom is -0.395 e. The van der Waals surface area contributed by atoms with E-state index in [1.165, 1.54) is 44.9 Å². The maximum absolute atomic E-state index is 9.94. The molecule has 1 rings (SSSR count). The number of aliphatic hydroxyl groups excluding tert-OH is 4. The van der Waals surface area contributed by atoms with Gasteiger partial charge in [-0.1, -0.05) is 51.4 Å². The van der Waals surface area contributed by atoms with Crippen LogP contribution in [0.4, 0.5) is 0 Å². The lowest BCUT2D eigenvalue weighted by atomic mass is 9.94. The molecule has 1 saturated heterocycles. The Morgan fingerprint density at radius 1 is 0.750 bits per heavy atom. The van der Waals surface area contributed by atoms with Crippen molar-refractivity contribution >= 4 is 0 Å². The molecule has 6 heteroatoms. The highest BCUT2D eigenvalue weighted by Crippen LogP contribution is 2.20. The molecule has 2 unspecified atom stereocenters. The number of hydrogen-bond acceptors (Lipinski definition) is 6. The van der Waals surface area contributed by atoms with E-state index in [2.05, 4.69) is 0 Å². The molecule has 0 aromatic rings. The molecule has 1 aliphatic heterocycles. The van der Waals surface area contributed by atoms with E-state index in [9.17, 15) is 20.4 Å². The van der Waals surface area contributed by atoms with Crippen LogP contribution in [-0.4, -0.2) is 75.9 Å². The van der Waals surface area contributed by atoms with Gasteiger partial charge < -0.3 is 26.2 Å². The van der Waals surface area contributed by atoms with Crippen molar-refractivity contribution in [2.24, 2.45) is 5.73 Å². The number of nitrogens with two attached hydrogens (primary N) is 1. The number of rotatable bonds is 13. The van der Waals surface area contributed by atoms with Crippen molar-refractivity contribution in [3.8, 4) is 0 Å². The Hall–Kier alpha value is -0.240. The molecule has 0 aliphatic carbocycles. The largest absolute Gasteiger partial charge is 0.395 e. The Kier molecular flexibility index (Phi) is 11.8. The summed E-state index contributed by atoms with van der Waals surface area (Å²) in [5, 5.41) is 38.8. The first-order chi connectivity index (χ1) is 11.6. The lowest BCUT2D eigenvalue weighted by Crippen LogP contribution is -2.62. The lowest BCUT2D eigenvalue weighted by Gasteiger charge is -2.43. The molecule has 24 heavy (non-hydrogen) atoms. The summed E-state index contributed by atoms with van der Waals surface area (Å²) in [4.78, 5) is 1.90. The first kappa shape index (κ1) is 21.8. The van der Waals surface area contributed by atoms with Crippen molar-refractivity contribution in [1.29, 1.82) is 0 Å². The van der Waals surface area contributed by atoms with Gasteiger partial charge in [0, 0.05) is 6.54 Å². The van der Waals surface area contributed by atoms with Gasteiger partial charge in [0.1, 0.15) is 12.2 Å². The summed E-state index contributed by atoms with van der Waals surface area (Å²) in [7, 11) is 0. The van der Waals surface area contributed by atoms with Crippen molar-refractivity contribution < 1.29 is 20.4 Å². The van der Waals surface area contributed by atoms with E-state index < -0.39 is 24.4 Å². The van der Waals surface area contributed by atoms with Crippen LogP contribution in [0.25, 0.3) is 0 Å². The number of piperidine rings is 1. The van der Waals surface area contributed by atoms with Crippen LogP contribution in [0.15, 0.2) is 0 Å². The molecule has 0 spiro atoms. The van der Waals surface area contributed by atoms with E-state index in [0.717, 1.165) is 32.4 Å². The topological polar surface area (TPSA) is 110 Å². The molecule has 1 heterocycles. The third kappa shape index (κ3) is 7.76. The second-order valence-corrected chi connectivity index (χ2v) is 7.12. The van der Waals surface area contributed by atoms with E-state index in [4.69, 9.17) is 5.73 Å². The fraction of sp³-hybridized carbons (Fsp3) is 1.00. The van der Waals surface area contributed by atoms with Gasteiger partial charge in [0.05, 0.1) is 18.8 Å². The highest BCUT2D eigenvalue weighted by molar-refractivity contribution is 4.93. The third-order valence-electron chi connectivity index (χ3n) is 5.12. The Morgan fingerprint density at radius 2 is 1.25 bits per heavy atom. The Balaban J connectivity index is 2.04. The van der Waals surface area contributed by atoms with E-state index >= 15 is 0 Å². The normalized spacial score (nSPS) is 28.4. The summed E-state index contributed by atoms with van der Waals surface area (Å²) in [5.41, 5.74) is 5.47. The van der Waals surface area contributed by atoms with Crippen LogP contribution >= 0.6 is 0 Å². The number of aliphatic hydroxyl groups is 4. The van der Waals surface area contributed by atoms with Crippen molar-refractivity contribution in [3.05, 3.63) is 0 Å². The molecule has 0 bridgehead atoms. The SMILES string of the molecule is NCCCCCCCCCCCCN1CC(O)[C@@H](O)[C@H](O)C1CO. The summed E-state index contributed by atoms with van der Waals surface area (Å²) >= 11 is 0. The zero-order chi connectivity index (χ0) is 17.8. The number of β-amino-alcohol motifs (C(OH)–C–C–N with tert-alkyl or cyclic N) is 1. The fourth-order valence-electron chi connectivity index (χ4n) is 3.51. The predicted octanol–water partition coefficient (Wildman–Crippen LogP) is 0.605. The van der Waals surface area contributed by atoms with Gasteiger partial charge in [0.2, 0.25) is 0 Å². The van der Waals surface area contributed by atoms with Crippen LogP contribution in [0.2, 0.25) is 0 Å². The molecule has 6 N–H and O–H groups in total. The van der Waals surface area contributed by atoms with Crippen LogP contribution in [0, 0.1) is 0 Å². The second-order valence-electron chi connectivity index (χ2n) is 7.12. The zero-order valence-electron chi connectivity index (χ0n) is 15.0. The molecule has 1 aliphatic rings. The molecule has 4 atom stereocenters. The van der Waals surface area contributed by atoms with Gasteiger partial charge in [-0.05, 0) is 25.9 Å². The van der Waals surface area contributed by atoms with E-state index in [1.54, 1.807) is 0 Å². The average molecular weight is 347 g/mol. The molecule has 0 saturated carbocycles. The van der Waals surface area contributed by atoms with Crippen molar-refractivity contribution in [2.45, 2.75) is 88.6 Å². The standard InChI is InChI=1S/C18H38N2O4/c19-11-9-7-5-3-1-2-4-6-8-10-12-20-13-16(22)18(24)17(23)15(20)14-21/h15-18,21-24H,1-14,19H2/t15?,16?,17-,18-/m1/s1. The van der Waals surface area contributed by atoms with E-state index in [1.807, 2.05) is 4.90 Å². The Bertz CT molecular complexity index is 307. The lowest BCUT2D eigenvalue weighted by molar-refractivity contribution is -0.145. The summed E-state index contributed by atoms with van der Waals surface area (Å²) in [6.07, 6.45) is 8.97. The van der Waals surface area contributed by atoms with Gasteiger partial charge in [-0.15, -0.1) is 0 Å². The summed E-state index contributed by atoms with van der Waals surface area (Å²) in [5.74, 6) is 0. The first-order valence-corrected chi connectivity index (χ1v) is 9.71. The summed E-state index contributed by atoms with van der Waals surface area (Å²) in [6.45, 7) is 1.66. The number of unbranched alkanes of at least 4 members (excludes halogenated alkanes) is 9. The molecule has 144 valence electrons. The molecule has 1 fully saturated rings. The third-order valence-corrected chi connectivity index (χ3v) is 5.12. The first-order valence-electron chi connectivity index (χ1n) is 9.71. The van der Waals surface area contributed by atoms with Crippen LogP contribution < -0.4 is 5.73 Å². The molecule has 0 radical (unpaired) electrons. The maximum atomic E-state index is 9.94. The quantitative estimate of drug-likeness (QED) is 0.313. The molecular formula is C18H38N2O4. The fourth-order valence-corrected chi connectivity index (χ4v) is 3.51. The molecule has 0 aromatic carbocycles. The molecule has 0 aromatic heterocycles. The predicted molar refractivity (Wildman–Crippen MR) is 95.7 cm³/mol.